The molecule has 0 spiro atoms. The van der Waals surface area contributed by atoms with Crippen LogP contribution in [0.1, 0.15) is 38.0 Å². The zero-order chi connectivity index (χ0) is 18.2. The van der Waals surface area contributed by atoms with Gasteiger partial charge in [-0.05, 0) is 25.3 Å². The Bertz CT molecular complexity index is 539. The van der Waals surface area contributed by atoms with Crippen molar-refractivity contribution in [2.75, 3.05) is 45.8 Å². The molecule has 0 saturated carbocycles. The molecular weight excluding hydrogens is 439 g/mol. The summed E-state index contributed by atoms with van der Waals surface area (Å²) in [6, 6.07) is 8.02. The van der Waals surface area contributed by atoms with E-state index in [0.717, 1.165) is 50.8 Å². The van der Waals surface area contributed by atoms with E-state index in [0.29, 0.717) is 12.5 Å². The van der Waals surface area contributed by atoms with Gasteiger partial charge in [0.1, 0.15) is 0 Å². The summed E-state index contributed by atoms with van der Waals surface area (Å²) in [5.74, 6) is 1.62. The highest BCUT2D eigenvalue weighted by Crippen LogP contribution is 2.14. The van der Waals surface area contributed by atoms with Gasteiger partial charge in [-0.3, -0.25) is 9.89 Å². The average molecular weight is 474 g/mol. The standard InChI is InChI=1S/C20H34N4O.HI/c1-5-21-20(24-12-10-23(11-13-24)15-16(2)3)22-14-19(25)18-8-6-17(4)7-9-18;/h6-9,16,19,25H,5,10-15H2,1-4H3,(H,21,22);1H. The minimum absolute atomic E-state index is 0. The van der Waals surface area contributed by atoms with E-state index in [1.165, 1.54) is 5.56 Å². The summed E-state index contributed by atoms with van der Waals surface area (Å²) >= 11 is 0. The maximum Gasteiger partial charge on any atom is 0.194 e. The first-order valence-corrected chi connectivity index (χ1v) is 9.49. The molecular formula is C20H35IN4O. The van der Waals surface area contributed by atoms with Crippen LogP contribution < -0.4 is 5.32 Å². The van der Waals surface area contributed by atoms with Gasteiger partial charge in [0.15, 0.2) is 5.96 Å². The van der Waals surface area contributed by atoms with E-state index >= 15 is 0 Å². The molecule has 1 aromatic rings. The van der Waals surface area contributed by atoms with E-state index in [4.69, 9.17) is 0 Å². The molecule has 1 saturated heterocycles. The number of halogens is 1. The second kappa shape index (κ2) is 11.8. The summed E-state index contributed by atoms with van der Waals surface area (Å²) in [4.78, 5) is 9.51. The second-order valence-electron chi connectivity index (χ2n) is 7.30. The molecule has 2 rings (SSSR count). The number of piperazine rings is 1. The zero-order valence-corrected chi connectivity index (χ0v) is 18.9. The maximum absolute atomic E-state index is 10.4. The smallest absolute Gasteiger partial charge is 0.194 e. The summed E-state index contributed by atoms with van der Waals surface area (Å²) in [6.07, 6.45) is -0.559. The van der Waals surface area contributed by atoms with Crippen molar-refractivity contribution in [3.05, 3.63) is 35.4 Å². The summed E-state index contributed by atoms with van der Waals surface area (Å²) in [7, 11) is 0. The van der Waals surface area contributed by atoms with Gasteiger partial charge in [0.2, 0.25) is 0 Å². The third-order valence-electron chi connectivity index (χ3n) is 4.51. The first kappa shape index (κ1) is 23.2. The molecule has 1 aliphatic heterocycles. The topological polar surface area (TPSA) is 51.1 Å². The van der Waals surface area contributed by atoms with Gasteiger partial charge < -0.3 is 15.3 Å². The Kier molecular flexibility index (Phi) is 10.5. The van der Waals surface area contributed by atoms with Crippen molar-refractivity contribution in [1.29, 1.82) is 0 Å². The Hall–Kier alpha value is -0.860. The molecule has 0 aromatic heterocycles. The molecule has 148 valence electrons. The largest absolute Gasteiger partial charge is 0.386 e. The fourth-order valence-corrected chi connectivity index (χ4v) is 3.15. The minimum Gasteiger partial charge on any atom is -0.386 e. The van der Waals surface area contributed by atoms with E-state index in [9.17, 15) is 5.11 Å². The van der Waals surface area contributed by atoms with Crippen LogP contribution in [0.4, 0.5) is 0 Å². The highest BCUT2D eigenvalue weighted by molar-refractivity contribution is 14.0. The van der Waals surface area contributed by atoms with Gasteiger partial charge in [0.05, 0.1) is 12.6 Å². The Morgan fingerprint density at radius 1 is 1.15 bits per heavy atom. The van der Waals surface area contributed by atoms with Gasteiger partial charge in [0.25, 0.3) is 0 Å². The average Bonchev–Trinajstić information content (AvgIpc) is 2.59. The Balaban J connectivity index is 0.00000338. The number of nitrogens with one attached hydrogen (secondary N) is 1. The van der Waals surface area contributed by atoms with Crippen LogP contribution >= 0.6 is 24.0 Å². The molecule has 0 bridgehead atoms. The molecule has 1 atom stereocenters. The molecule has 5 nitrogen and oxygen atoms in total. The molecule has 26 heavy (non-hydrogen) atoms. The molecule has 1 aromatic carbocycles. The molecule has 0 radical (unpaired) electrons. The van der Waals surface area contributed by atoms with Crippen molar-refractivity contribution < 1.29 is 5.11 Å². The number of hydrogen-bond acceptors (Lipinski definition) is 3. The van der Waals surface area contributed by atoms with Crippen molar-refractivity contribution in [2.24, 2.45) is 10.9 Å². The minimum atomic E-state index is -0.559. The number of aliphatic hydroxyl groups is 1. The summed E-state index contributed by atoms with van der Waals surface area (Å²) in [5, 5.41) is 13.8. The van der Waals surface area contributed by atoms with Gasteiger partial charge in [0, 0.05) is 39.3 Å². The van der Waals surface area contributed by atoms with Gasteiger partial charge in [-0.1, -0.05) is 43.7 Å². The monoisotopic (exact) mass is 474 g/mol. The highest BCUT2D eigenvalue weighted by Gasteiger charge is 2.20. The van der Waals surface area contributed by atoms with Crippen LogP contribution in [0.25, 0.3) is 0 Å². The molecule has 1 heterocycles. The van der Waals surface area contributed by atoms with Crippen LogP contribution in [0.5, 0.6) is 0 Å². The molecule has 0 amide bonds. The quantitative estimate of drug-likeness (QED) is 0.378. The normalized spacial score (nSPS) is 17.2. The fraction of sp³-hybridized carbons (Fsp3) is 0.650. The Labute approximate surface area is 175 Å². The molecule has 2 N–H and O–H groups in total. The predicted molar refractivity (Wildman–Crippen MR) is 120 cm³/mol. The number of guanidine groups is 1. The third-order valence-corrected chi connectivity index (χ3v) is 4.51. The van der Waals surface area contributed by atoms with Crippen molar-refractivity contribution in [2.45, 2.75) is 33.8 Å². The fourth-order valence-electron chi connectivity index (χ4n) is 3.15. The van der Waals surface area contributed by atoms with E-state index in [-0.39, 0.29) is 24.0 Å². The lowest BCUT2D eigenvalue weighted by atomic mass is 10.1. The SMILES string of the molecule is CCNC(=NCC(O)c1ccc(C)cc1)N1CCN(CC(C)C)CC1.I. The molecule has 1 aliphatic rings. The third kappa shape index (κ3) is 7.40. The predicted octanol–water partition coefficient (Wildman–Crippen LogP) is 2.89. The lowest BCUT2D eigenvalue weighted by Crippen LogP contribution is -2.53. The number of nitrogens with zero attached hydrogens (tertiary/aromatic N) is 3. The van der Waals surface area contributed by atoms with E-state index < -0.39 is 6.10 Å². The summed E-state index contributed by atoms with van der Waals surface area (Å²) in [6.45, 7) is 15.2. The first-order valence-electron chi connectivity index (χ1n) is 9.49. The molecule has 1 unspecified atom stereocenters. The van der Waals surface area contributed by atoms with Crippen LogP contribution in [0.2, 0.25) is 0 Å². The zero-order valence-electron chi connectivity index (χ0n) is 16.6. The molecule has 6 heteroatoms. The van der Waals surface area contributed by atoms with Gasteiger partial charge >= 0.3 is 0 Å². The van der Waals surface area contributed by atoms with Crippen LogP contribution in [0, 0.1) is 12.8 Å². The van der Waals surface area contributed by atoms with Crippen LogP contribution in [-0.4, -0.2) is 66.7 Å². The van der Waals surface area contributed by atoms with Crippen LogP contribution in [-0.2, 0) is 0 Å². The maximum atomic E-state index is 10.4. The van der Waals surface area contributed by atoms with Crippen molar-refractivity contribution in [3.63, 3.8) is 0 Å². The van der Waals surface area contributed by atoms with E-state index in [2.05, 4.69) is 47.8 Å². The van der Waals surface area contributed by atoms with E-state index in [1.54, 1.807) is 0 Å². The molecule has 0 aliphatic carbocycles. The van der Waals surface area contributed by atoms with Gasteiger partial charge in [-0.25, -0.2) is 0 Å². The van der Waals surface area contributed by atoms with Gasteiger partial charge in [-0.2, -0.15) is 0 Å². The van der Waals surface area contributed by atoms with Crippen molar-refractivity contribution in [1.82, 2.24) is 15.1 Å². The Morgan fingerprint density at radius 3 is 2.31 bits per heavy atom. The second-order valence-corrected chi connectivity index (χ2v) is 7.30. The lowest BCUT2D eigenvalue weighted by molar-refractivity contribution is 0.162. The van der Waals surface area contributed by atoms with Crippen LogP contribution in [0.15, 0.2) is 29.3 Å². The number of aryl methyl sites for hydroxylation is 1. The number of hydrogen-bond donors (Lipinski definition) is 2. The van der Waals surface area contributed by atoms with Crippen molar-refractivity contribution >= 4 is 29.9 Å². The first-order chi connectivity index (χ1) is 12.0. The number of aliphatic hydroxyl groups excluding tert-OH is 1. The van der Waals surface area contributed by atoms with Gasteiger partial charge in [-0.15, -0.1) is 24.0 Å². The van der Waals surface area contributed by atoms with Crippen molar-refractivity contribution in [3.8, 4) is 0 Å². The highest BCUT2D eigenvalue weighted by atomic mass is 127. The van der Waals surface area contributed by atoms with Crippen LogP contribution in [0.3, 0.4) is 0 Å². The number of rotatable bonds is 6. The Morgan fingerprint density at radius 2 is 1.77 bits per heavy atom. The number of benzene rings is 1. The number of aliphatic imine (C=N–C) groups is 1. The summed E-state index contributed by atoms with van der Waals surface area (Å²) < 4.78 is 0. The lowest BCUT2D eigenvalue weighted by Gasteiger charge is -2.37. The van der Waals surface area contributed by atoms with E-state index in [1.807, 2.05) is 24.3 Å². The molecule has 1 fully saturated rings. The summed E-state index contributed by atoms with van der Waals surface area (Å²) in [5.41, 5.74) is 2.12.